The van der Waals surface area contributed by atoms with Crippen LogP contribution < -0.4 is 25.0 Å². The van der Waals surface area contributed by atoms with Gasteiger partial charge in [0.1, 0.15) is 0 Å². The van der Waals surface area contributed by atoms with Gasteiger partial charge in [0, 0.05) is 30.9 Å². The number of anilines is 1. The first kappa shape index (κ1) is 19.5. The van der Waals surface area contributed by atoms with Crippen molar-refractivity contribution in [3.05, 3.63) is 54.1 Å². The molecule has 0 aliphatic carbocycles. The van der Waals surface area contributed by atoms with Gasteiger partial charge >= 0.3 is 0 Å². The minimum atomic E-state index is -0.324. The highest BCUT2D eigenvalue weighted by atomic mass is 16.7. The molecule has 0 atom stereocenters. The molecule has 2 aromatic carbocycles. The highest BCUT2D eigenvalue weighted by Crippen LogP contribution is 2.32. The van der Waals surface area contributed by atoms with Crippen LogP contribution in [0, 0.1) is 0 Å². The van der Waals surface area contributed by atoms with Gasteiger partial charge in [-0.3, -0.25) is 9.59 Å². The van der Waals surface area contributed by atoms with Crippen LogP contribution in [0.15, 0.2) is 48.5 Å². The number of carbonyl (C=O) groups excluding carboxylic acids is 2. The molecule has 2 amide bonds. The minimum Gasteiger partial charge on any atom is -0.454 e. The molecule has 0 saturated heterocycles. The maximum Gasteiger partial charge on any atom is 0.251 e. The van der Waals surface area contributed by atoms with Gasteiger partial charge in [0.15, 0.2) is 11.5 Å². The fourth-order valence-electron chi connectivity index (χ4n) is 2.97. The van der Waals surface area contributed by atoms with Crippen molar-refractivity contribution in [1.82, 2.24) is 10.6 Å². The van der Waals surface area contributed by atoms with Crippen molar-refractivity contribution in [2.45, 2.75) is 13.3 Å². The Hall–Kier alpha value is -3.22. The number of carbonyl (C=O) groups is 2. The van der Waals surface area contributed by atoms with Crippen molar-refractivity contribution in [3.8, 4) is 11.5 Å². The molecular weight excluding hydrogens is 358 g/mol. The van der Waals surface area contributed by atoms with Crippen molar-refractivity contribution in [3.63, 3.8) is 0 Å². The van der Waals surface area contributed by atoms with Crippen LogP contribution in [-0.2, 0) is 4.79 Å². The summed E-state index contributed by atoms with van der Waals surface area (Å²) in [6.45, 7) is 4.51. The third-order valence-corrected chi connectivity index (χ3v) is 4.47. The first-order valence-electron chi connectivity index (χ1n) is 9.42. The lowest BCUT2D eigenvalue weighted by atomic mass is 10.2. The maximum atomic E-state index is 12.2. The molecule has 3 rings (SSSR count). The molecule has 2 N–H and O–H groups in total. The summed E-state index contributed by atoms with van der Waals surface area (Å²) >= 11 is 0. The van der Waals surface area contributed by atoms with E-state index in [9.17, 15) is 9.59 Å². The van der Waals surface area contributed by atoms with Crippen molar-refractivity contribution < 1.29 is 19.1 Å². The van der Waals surface area contributed by atoms with Gasteiger partial charge in [0.2, 0.25) is 12.7 Å². The van der Waals surface area contributed by atoms with E-state index in [1.165, 1.54) is 5.69 Å². The average molecular weight is 383 g/mol. The monoisotopic (exact) mass is 383 g/mol. The van der Waals surface area contributed by atoms with E-state index in [0.29, 0.717) is 23.6 Å². The second-order valence-corrected chi connectivity index (χ2v) is 6.37. The Kier molecular flexibility index (Phi) is 6.73. The van der Waals surface area contributed by atoms with Crippen molar-refractivity contribution in [1.29, 1.82) is 0 Å². The summed E-state index contributed by atoms with van der Waals surface area (Å²) in [4.78, 5) is 26.4. The van der Waals surface area contributed by atoms with E-state index in [1.54, 1.807) is 18.2 Å². The van der Waals surface area contributed by atoms with E-state index in [2.05, 4.69) is 34.6 Å². The SMILES string of the molecule is CCN(CCCNC(=O)CNC(=O)c1ccc2c(c1)OCO2)c1ccccc1. The van der Waals surface area contributed by atoms with Crippen LogP contribution >= 0.6 is 0 Å². The Labute approximate surface area is 164 Å². The molecule has 1 heterocycles. The molecule has 0 saturated carbocycles. The third-order valence-electron chi connectivity index (χ3n) is 4.47. The largest absolute Gasteiger partial charge is 0.454 e. The number of hydrogen-bond acceptors (Lipinski definition) is 5. The van der Waals surface area contributed by atoms with Crippen LogP contribution in [0.3, 0.4) is 0 Å². The van der Waals surface area contributed by atoms with Gasteiger partial charge in [-0.05, 0) is 43.7 Å². The second-order valence-electron chi connectivity index (χ2n) is 6.37. The molecule has 2 aromatic rings. The zero-order valence-electron chi connectivity index (χ0n) is 15.9. The van der Waals surface area contributed by atoms with Gasteiger partial charge < -0.3 is 25.0 Å². The summed E-state index contributed by atoms with van der Waals surface area (Å²) < 4.78 is 10.5. The Morgan fingerprint density at radius 2 is 1.82 bits per heavy atom. The molecule has 0 bridgehead atoms. The van der Waals surface area contributed by atoms with Gasteiger partial charge in [0.05, 0.1) is 6.54 Å². The Morgan fingerprint density at radius 1 is 1.04 bits per heavy atom. The van der Waals surface area contributed by atoms with E-state index in [0.717, 1.165) is 19.5 Å². The predicted molar refractivity (Wildman–Crippen MR) is 107 cm³/mol. The summed E-state index contributed by atoms with van der Waals surface area (Å²) in [5.41, 5.74) is 1.60. The number of ether oxygens (including phenoxy) is 2. The van der Waals surface area contributed by atoms with Crippen LogP contribution in [0.25, 0.3) is 0 Å². The number of rotatable bonds is 9. The van der Waals surface area contributed by atoms with Gasteiger partial charge in [-0.2, -0.15) is 0 Å². The first-order chi connectivity index (χ1) is 13.7. The lowest BCUT2D eigenvalue weighted by Gasteiger charge is -2.23. The predicted octanol–water partition coefficient (Wildman–Crippen LogP) is 2.18. The zero-order valence-corrected chi connectivity index (χ0v) is 15.9. The van der Waals surface area contributed by atoms with E-state index >= 15 is 0 Å². The van der Waals surface area contributed by atoms with Crippen LogP contribution in [0.2, 0.25) is 0 Å². The number of para-hydroxylation sites is 1. The Balaban J connectivity index is 1.36. The number of amides is 2. The molecule has 0 spiro atoms. The van der Waals surface area contributed by atoms with Gasteiger partial charge in [0.25, 0.3) is 5.91 Å². The number of nitrogens with one attached hydrogen (secondary N) is 2. The van der Waals surface area contributed by atoms with Gasteiger partial charge in [-0.1, -0.05) is 18.2 Å². The normalized spacial score (nSPS) is 11.8. The molecule has 28 heavy (non-hydrogen) atoms. The lowest BCUT2D eigenvalue weighted by molar-refractivity contribution is -0.120. The molecule has 0 fully saturated rings. The molecule has 7 nitrogen and oxygen atoms in total. The van der Waals surface area contributed by atoms with Crippen molar-refractivity contribution in [2.24, 2.45) is 0 Å². The average Bonchev–Trinajstić information content (AvgIpc) is 3.20. The van der Waals surface area contributed by atoms with Crippen molar-refractivity contribution >= 4 is 17.5 Å². The summed E-state index contributed by atoms with van der Waals surface area (Å²) in [6, 6.07) is 15.1. The highest BCUT2D eigenvalue weighted by Gasteiger charge is 2.16. The second kappa shape index (κ2) is 9.64. The molecular formula is C21H25N3O4. The fourth-order valence-corrected chi connectivity index (χ4v) is 2.97. The zero-order chi connectivity index (χ0) is 19.8. The summed E-state index contributed by atoms with van der Waals surface area (Å²) in [7, 11) is 0. The maximum absolute atomic E-state index is 12.2. The number of benzene rings is 2. The quantitative estimate of drug-likeness (QED) is 0.649. The van der Waals surface area contributed by atoms with Crippen LogP contribution in [-0.4, -0.2) is 44.8 Å². The summed E-state index contributed by atoms with van der Waals surface area (Å²) in [6.07, 6.45) is 0.824. The standard InChI is InChI=1S/C21H25N3O4/c1-2-24(17-7-4-3-5-8-17)12-6-11-22-20(25)14-23-21(26)16-9-10-18-19(13-16)28-15-27-18/h3-5,7-10,13H,2,6,11-12,14-15H2,1H3,(H,22,25)(H,23,26). The van der Waals surface area contributed by atoms with Crippen LogP contribution in [0.4, 0.5) is 5.69 Å². The number of nitrogens with zero attached hydrogens (tertiary/aromatic N) is 1. The molecule has 1 aliphatic rings. The smallest absolute Gasteiger partial charge is 0.251 e. The number of hydrogen-bond donors (Lipinski definition) is 2. The van der Waals surface area contributed by atoms with Gasteiger partial charge in [-0.15, -0.1) is 0 Å². The minimum absolute atomic E-state index is 0.0660. The molecule has 0 radical (unpaired) electrons. The molecule has 148 valence electrons. The first-order valence-corrected chi connectivity index (χ1v) is 9.42. The highest BCUT2D eigenvalue weighted by molar-refractivity contribution is 5.97. The third kappa shape index (κ3) is 5.16. The summed E-state index contributed by atoms with van der Waals surface area (Å²) in [5.74, 6) is 0.619. The summed E-state index contributed by atoms with van der Waals surface area (Å²) in [5, 5.41) is 5.46. The molecule has 0 unspecified atom stereocenters. The van der Waals surface area contributed by atoms with E-state index < -0.39 is 0 Å². The topological polar surface area (TPSA) is 79.9 Å². The van der Waals surface area contributed by atoms with E-state index in [-0.39, 0.29) is 25.2 Å². The van der Waals surface area contributed by atoms with E-state index in [1.807, 2.05) is 18.2 Å². The van der Waals surface area contributed by atoms with E-state index in [4.69, 9.17) is 9.47 Å². The lowest BCUT2D eigenvalue weighted by Crippen LogP contribution is -2.38. The molecule has 7 heteroatoms. The van der Waals surface area contributed by atoms with Crippen LogP contribution in [0.1, 0.15) is 23.7 Å². The number of fused-ring (bicyclic) bond motifs is 1. The van der Waals surface area contributed by atoms with Crippen molar-refractivity contribution in [2.75, 3.05) is 37.9 Å². The van der Waals surface area contributed by atoms with Gasteiger partial charge in [-0.25, -0.2) is 0 Å². The molecule has 0 aromatic heterocycles. The molecule has 1 aliphatic heterocycles. The Bertz CT molecular complexity index is 811. The van der Waals surface area contributed by atoms with Crippen LogP contribution in [0.5, 0.6) is 11.5 Å². The Morgan fingerprint density at radius 3 is 2.61 bits per heavy atom. The fraction of sp³-hybridized carbons (Fsp3) is 0.333.